The normalized spacial score (nSPS) is 10.7. The van der Waals surface area contributed by atoms with E-state index in [0.717, 1.165) is 15.0 Å². The topological polar surface area (TPSA) is 55.3 Å². The van der Waals surface area contributed by atoms with Crippen LogP contribution in [-0.4, -0.2) is 29.9 Å². The van der Waals surface area contributed by atoms with Crippen LogP contribution in [0.5, 0.6) is 0 Å². The van der Waals surface area contributed by atoms with Crippen LogP contribution in [0.1, 0.15) is 13.8 Å². The molecule has 0 saturated carbocycles. The van der Waals surface area contributed by atoms with Crippen molar-refractivity contribution in [2.24, 2.45) is 5.92 Å². The zero-order valence-electron chi connectivity index (χ0n) is 12.0. The van der Waals surface area contributed by atoms with Gasteiger partial charge in [0.2, 0.25) is 5.13 Å². The highest BCUT2D eigenvalue weighted by Gasteiger charge is 2.18. The van der Waals surface area contributed by atoms with Crippen molar-refractivity contribution >= 4 is 38.5 Å². The van der Waals surface area contributed by atoms with Gasteiger partial charge in [-0.05, 0) is 18.1 Å². The Kier molecular flexibility index (Phi) is 5.30. The molecule has 0 N–H and O–H groups in total. The van der Waals surface area contributed by atoms with Gasteiger partial charge >= 0.3 is 6.09 Å². The molecule has 1 heterocycles. The van der Waals surface area contributed by atoms with Crippen molar-refractivity contribution in [1.29, 1.82) is 0 Å². The van der Waals surface area contributed by atoms with E-state index in [0.29, 0.717) is 17.7 Å². The van der Waals surface area contributed by atoms with Crippen LogP contribution in [0.2, 0.25) is 0 Å². The van der Waals surface area contributed by atoms with Gasteiger partial charge in [-0.15, -0.1) is 10.2 Å². The van der Waals surface area contributed by atoms with Crippen molar-refractivity contribution in [1.82, 2.24) is 10.2 Å². The number of halogens is 1. The van der Waals surface area contributed by atoms with Crippen LogP contribution in [0.15, 0.2) is 28.7 Å². The predicted octanol–water partition coefficient (Wildman–Crippen LogP) is 4.20. The number of ether oxygens (including phenoxy) is 1. The van der Waals surface area contributed by atoms with Gasteiger partial charge in [-0.1, -0.05) is 53.2 Å². The minimum absolute atomic E-state index is 0.301. The number of nitrogens with zero attached hydrogens (tertiary/aromatic N) is 3. The first-order valence-electron chi connectivity index (χ1n) is 6.47. The van der Waals surface area contributed by atoms with Crippen molar-refractivity contribution < 1.29 is 9.53 Å². The van der Waals surface area contributed by atoms with Crippen LogP contribution in [-0.2, 0) is 4.74 Å². The Labute approximate surface area is 136 Å². The van der Waals surface area contributed by atoms with Crippen molar-refractivity contribution in [2.75, 3.05) is 18.6 Å². The van der Waals surface area contributed by atoms with Gasteiger partial charge in [0.15, 0.2) is 0 Å². The summed E-state index contributed by atoms with van der Waals surface area (Å²) in [7, 11) is 1.63. The summed E-state index contributed by atoms with van der Waals surface area (Å²) in [5.74, 6) is 0.301. The number of anilines is 1. The van der Waals surface area contributed by atoms with Crippen LogP contribution < -0.4 is 4.90 Å². The highest BCUT2D eigenvalue weighted by Crippen LogP contribution is 2.29. The van der Waals surface area contributed by atoms with E-state index >= 15 is 0 Å². The van der Waals surface area contributed by atoms with E-state index in [1.165, 1.54) is 16.2 Å². The molecule has 0 radical (unpaired) electrons. The maximum absolute atomic E-state index is 11.9. The third-order valence-electron chi connectivity index (χ3n) is 2.61. The summed E-state index contributed by atoms with van der Waals surface area (Å²) in [5.41, 5.74) is 0.964. The van der Waals surface area contributed by atoms with E-state index in [1.807, 2.05) is 38.1 Å². The Morgan fingerprint density at radius 2 is 2.00 bits per heavy atom. The lowest BCUT2D eigenvalue weighted by atomic mass is 10.2. The van der Waals surface area contributed by atoms with Crippen LogP contribution in [0.3, 0.4) is 0 Å². The monoisotopic (exact) mass is 369 g/mol. The fraction of sp³-hybridized carbons (Fsp3) is 0.357. The number of rotatable bonds is 4. The van der Waals surface area contributed by atoms with Crippen LogP contribution >= 0.6 is 27.3 Å². The minimum Gasteiger partial charge on any atom is -0.449 e. The highest BCUT2D eigenvalue weighted by molar-refractivity contribution is 9.10. The summed E-state index contributed by atoms with van der Waals surface area (Å²) in [6, 6.07) is 7.78. The summed E-state index contributed by atoms with van der Waals surface area (Å²) in [6.45, 7) is 4.37. The molecule has 0 aliphatic rings. The lowest BCUT2D eigenvalue weighted by Crippen LogP contribution is -2.28. The molecule has 1 aromatic heterocycles. The first-order chi connectivity index (χ1) is 9.97. The van der Waals surface area contributed by atoms with Gasteiger partial charge < -0.3 is 4.74 Å². The SMILES string of the molecule is CC(C)COC(=O)N(C)c1nnc(-c2ccc(Br)cc2)s1. The van der Waals surface area contributed by atoms with Gasteiger partial charge in [-0.2, -0.15) is 0 Å². The van der Waals surface area contributed by atoms with Crippen LogP contribution in [0.25, 0.3) is 10.6 Å². The number of carbonyl (C=O) groups excluding carboxylic acids is 1. The van der Waals surface area contributed by atoms with Gasteiger partial charge in [0.1, 0.15) is 5.01 Å². The van der Waals surface area contributed by atoms with E-state index < -0.39 is 6.09 Å². The van der Waals surface area contributed by atoms with E-state index in [9.17, 15) is 4.79 Å². The Bertz CT molecular complexity index is 613. The quantitative estimate of drug-likeness (QED) is 0.810. The Morgan fingerprint density at radius 3 is 2.62 bits per heavy atom. The second-order valence-electron chi connectivity index (χ2n) is 4.93. The molecule has 112 valence electrons. The third-order valence-corrected chi connectivity index (χ3v) is 4.18. The molecule has 5 nitrogen and oxygen atoms in total. The molecule has 1 aromatic carbocycles. The summed E-state index contributed by atoms with van der Waals surface area (Å²) in [5, 5.41) is 9.44. The van der Waals surface area contributed by atoms with Crippen molar-refractivity contribution in [3.63, 3.8) is 0 Å². The van der Waals surface area contributed by atoms with Gasteiger partial charge in [0, 0.05) is 17.1 Å². The molecule has 0 saturated heterocycles. The number of aromatic nitrogens is 2. The lowest BCUT2D eigenvalue weighted by Gasteiger charge is -2.14. The molecule has 0 atom stereocenters. The smallest absolute Gasteiger partial charge is 0.415 e. The third kappa shape index (κ3) is 4.25. The molecular formula is C14H16BrN3O2S. The Hall–Kier alpha value is -1.47. The van der Waals surface area contributed by atoms with Crippen molar-refractivity contribution in [3.8, 4) is 10.6 Å². The van der Waals surface area contributed by atoms with Gasteiger partial charge in [0.25, 0.3) is 0 Å². The van der Waals surface area contributed by atoms with Crippen LogP contribution in [0, 0.1) is 5.92 Å². The second-order valence-corrected chi connectivity index (χ2v) is 6.80. The minimum atomic E-state index is -0.415. The molecule has 0 bridgehead atoms. The average molecular weight is 370 g/mol. The highest BCUT2D eigenvalue weighted by atomic mass is 79.9. The molecule has 0 unspecified atom stereocenters. The van der Waals surface area contributed by atoms with Crippen molar-refractivity contribution in [3.05, 3.63) is 28.7 Å². The molecule has 0 aliphatic heterocycles. The molecule has 1 amide bonds. The number of carbonyl (C=O) groups is 1. The molecular weight excluding hydrogens is 354 g/mol. The summed E-state index contributed by atoms with van der Waals surface area (Å²) >= 11 is 4.74. The Morgan fingerprint density at radius 1 is 1.33 bits per heavy atom. The van der Waals surface area contributed by atoms with E-state index in [2.05, 4.69) is 26.1 Å². The molecule has 0 aliphatic carbocycles. The van der Waals surface area contributed by atoms with Gasteiger partial charge in [-0.3, -0.25) is 4.90 Å². The van der Waals surface area contributed by atoms with Crippen LogP contribution in [0.4, 0.5) is 9.93 Å². The fourth-order valence-corrected chi connectivity index (χ4v) is 2.54. The van der Waals surface area contributed by atoms with E-state index in [1.54, 1.807) is 7.05 Å². The zero-order chi connectivity index (χ0) is 15.4. The second kappa shape index (κ2) is 7.00. The maximum Gasteiger partial charge on any atom is 0.415 e. The van der Waals surface area contributed by atoms with Gasteiger partial charge in [-0.25, -0.2) is 4.79 Å². The summed E-state index contributed by atoms with van der Waals surface area (Å²) in [4.78, 5) is 13.3. The number of amides is 1. The maximum atomic E-state index is 11.9. The molecule has 2 rings (SSSR count). The van der Waals surface area contributed by atoms with E-state index in [-0.39, 0.29) is 0 Å². The standard InChI is InChI=1S/C14H16BrN3O2S/c1-9(2)8-20-14(19)18(3)13-17-16-12(21-13)10-4-6-11(15)7-5-10/h4-7,9H,8H2,1-3H3. The number of benzene rings is 1. The number of hydrogen-bond acceptors (Lipinski definition) is 5. The summed E-state index contributed by atoms with van der Waals surface area (Å²) < 4.78 is 6.17. The van der Waals surface area contributed by atoms with Crippen molar-refractivity contribution in [2.45, 2.75) is 13.8 Å². The lowest BCUT2D eigenvalue weighted by molar-refractivity contribution is 0.141. The largest absolute Gasteiger partial charge is 0.449 e. The fourth-order valence-electron chi connectivity index (χ4n) is 1.47. The molecule has 2 aromatic rings. The predicted molar refractivity (Wildman–Crippen MR) is 87.6 cm³/mol. The first kappa shape index (κ1) is 15.9. The first-order valence-corrected chi connectivity index (χ1v) is 8.08. The zero-order valence-corrected chi connectivity index (χ0v) is 14.4. The Balaban J connectivity index is 2.08. The number of hydrogen-bond donors (Lipinski definition) is 0. The molecule has 0 fully saturated rings. The summed E-state index contributed by atoms with van der Waals surface area (Å²) in [6.07, 6.45) is -0.415. The molecule has 7 heteroatoms. The molecule has 0 spiro atoms. The van der Waals surface area contributed by atoms with E-state index in [4.69, 9.17) is 4.74 Å². The van der Waals surface area contributed by atoms with Gasteiger partial charge in [0.05, 0.1) is 6.61 Å². The molecule has 21 heavy (non-hydrogen) atoms. The average Bonchev–Trinajstić information content (AvgIpc) is 2.94.